The van der Waals surface area contributed by atoms with Gasteiger partial charge in [-0.2, -0.15) is 0 Å². The van der Waals surface area contributed by atoms with Gasteiger partial charge in [0.15, 0.2) is 0 Å². The van der Waals surface area contributed by atoms with Gasteiger partial charge in [0, 0.05) is 21.5 Å². The minimum Gasteiger partial charge on any atom is -0.294 e. The molecule has 14 aromatic rings. The van der Waals surface area contributed by atoms with Gasteiger partial charge in [0.2, 0.25) is 0 Å². The van der Waals surface area contributed by atoms with Crippen molar-refractivity contribution >= 4 is 43.6 Å². The maximum atomic E-state index is 5.58. The van der Waals surface area contributed by atoms with E-state index in [4.69, 9.17) is 19.9 Å². The molecular formula is C68H44N6. The van der Waals surface area contributed by atoms with Crippen molar-refractivity contribution in [3.8, 4) is 90.3 Å². The number of rotatable bonds is 9. The van der Waals surface area contributed by atoms with Crippen LogP contribution >= 0.6 is 0 Å². The molecule has 0 fully saturated rings. The summed E-state index contributed by atoms with van der Waals surface area (Å²) in [6, 6.07) is 93.7. The number of para-hydroxylation sites is 4. The van der Waals surface area contributed by atoms with Crippen molar-refractivity contribution < 1.29 is 0 Å². The fourth-order valence-electron chi connectivity index (χ4n) is 10.6. The van der Waals surface area contributed by atoms with Crippen LogP contribution in [0.2, 0.25) is 0 Å². The second kappa shape index (κ2) is 18.0. The van der Waals surface area contributed by atoms with E-state index in [-0.39, 0.29) is 0 Å². The number of pyridine rings is 4. The number of aromatic nitrogens is 6. The largest absolute Gasteiger partial charge is 0.294 e. The van der Waals surface area contributed by atoms with Crippen molar-refractivity contribution in [2.24, 2.45) is 0 Å². The molecule has 0 aliphatic heterocycles. The van der Waals surface area contributed by atoms with Gasteiger partial charge in [0.25, 0.3) is 0 Å². The lowest BCUT2D eigenvalue weighted by molar-refractivity contribution is 1.07. The molecular weight excluding hydrogens is 901 g/mol. The molecule has 0 N–H and O–H groups in total. The SMILES string of the molecule is c1ccc(-c2cc(-c3cc(-c4ccccc4)cc(-c4cc(-c5ccccc5)cc(-n5c6ccccc6c6ccccc65)n4)n3)nc(-c3cc(-c4ccccc4)cc(-n4c5ccccc5c5ccccc54)n3)c2)cc1. The minimum atomic E-state index is 0.715. The van der Waals surface area contributed by atoms with Crippen LogP contribution in [0.15, 0.2) is 267 Å². The maximum absolute atomic E-state index is 5.58. The van der Waals surface area contributed by atoms with Crippen LogP contribution in [0.3, 0.4) is 0 Å². The van der Waals surface area contributed by atoms with E-state index < -0.39 is 0 Å². The zero-order valence-corrected chi connectivity index (χ0v) is 40.1. The Morgan fingerprint density at radius 1 is 0.189 bits per heavy atom. The highest BCUT2D eigenvalue weighted by molar-refractivity contribution is 6.10. The van der Waals surface area contributed by atoms with E-state index in [9.17, 15) is 0 Å². The Morgan fingerprint density at radius 2 is 0.405 bits per heavy atom. The molecule has 8 aromatic carbocycles. The Hall–Kier alpha value is -10.0. The lowest BCUT2D eigenvalue weighted by Gasteiger charge is -2.16. The standard InChI is InChI=1S/C68H44N6/c1-5-21-45(22-6-1)49-37-57(69-59(39-49)61-41-51(47-25-9-3-10-26-47)43-67(71-61)73-63-33-17-13-29-53(63)54-30-14-18-34-64(54)73)58-38-50(46-23-7-2-8-24-46)40-60(70-58)62-42-52(48-27-11-4-12-28-48)44-68(72-62)74-65-35-19-15-31-55(65)56-32-16-20-36-66(56)74/h1-44H. The van der Waals surface area contributed by atoms with Crippen molar-refractivity contribution in [1.82, 2.24) is 29.1 Å². The summed E-state index contributed by atoms with van der Waals surface area (Å²) in [4.78, 5) is 22.3. The van der Waals surface area contributed by atoms with Crippen LogP contribution in [-0.2, 0) is 0 Å². The third-order valence-corrected chi connectivity index (χ3v) is 14.1. The third-order valence-electron chi connectivity index (χ3n) is 14.1. The van der Waals surface area contributed by atoms with Gasteiger partial charge in [-0.1, -0.05) is 194 Å². The molecule has 6 heterocycles. The molecule has 6 aromatic heterocycles. The number of benzene rings is 8. The van der Waals surface area contributed by atoms with Crippen LogP contribution in [-0.4, -0.2) is 29.1 Å². The highest BCUT2D eigenvalue weighted by Gasteiger charge is 2.21. The molecule has 0 saturated carbocycles. The van der Waals surface area contributed by atoms with Crippen molar-refractivity contribution in [3.63, 3.8) is 0 Å². The number of nitrogens with zero attached hydrogens (tertiary/aromatic N) is 6. The maximum Gasteiger partial charge on any atom is 0.138 e. The highest BCUT2D eigenvalue weighted by atomic mass is 15.1. The van der Waals surface area contributed by atoms with Crippen LogP contribution in [0.25, 0.3) is 134 Å². The van der Waals surface area contributed by atoms with E-state index in [1.807, 2.05) is 0 Å². The molecule has 0 amide bonds. The van der Waals surface area contributed by atoms with E-state index in [0.29, 0.717) is 11.4 Å². The first-order valence-electron chi connectivity index (χ1n) is 25.0. The predicted molar refractivity (Wildman–Crippen MR) is 304 cm³/mol. The second-order valence-corrected chi connectivity index (χ2v) is 18.7. The van der Waals surface area contributed by atoms with E-state index >= 15 is 0 Å². The molecule has 6 nitrogen and oxygen atoms in total. The molecule has 0 bridgehead atoms. The van der Waals surface area contributed by atoms with Gasteiger partial charge in [0.05, 0.1) is 56.2 Å². The summed E-state index contributed by atoms with van der Waals surface area (Å²) in [5.74, 6) is 1.62. The predicted octanol–water partition coefficient (Wildman–Crippen LogP) is 17.1. The summed E-state index contributed by atoms with van der Waals surface area (Å²) in [5.41, 5.74) is 17.1. The van der Waals surface area contributed by atoms with Gasteiger partial charge in [-0.05, 0) is 117 Å². The van der Waals surface area contributed by atoms with E-state index in [1.165, 1.54) is 21.5 Å². The monoisotopic (exact) mass is 944 g/mol. The topological polar surface area (TPSA) is 61.4 Å². The van der Waals surface area contributed by atoms with Crippen molar-refractivity contribution in [3.05, 3.63) is 267 Å². The molecule has 0 radical (unpaired) electrons. The first kappa shape index (κ1) is 42.8. The highest BCUT2D eigenvalue weighted by Crippen LogP contribution is 2.39. The normalized spacial score (nSPS) is 11.5. The summed E-state index contributed by atoms with van der Waals surface area (Å²) in [6.07, 6.45) is 0. The van der Waals surface area contributed by atoms with Crippen molar-refractivity contribution in [2.45, 2.75) is 0 Å². The zero-order valence-electron chi connectivity index (χ0n) is 40.1. The fraction of sp³-hybridized carbons (Fsp3) is 0. The van der Waals surface area contributed by atoms with Crippen LogP contribution in [0, 0.1) is 0 Å². The molecule has 0 spiro atoms. The van der Waals surface area contributed by atoms with Gasteiger partial charge < -0.3 is 0 Å². The summed E-state index contributed by atoms with van der Waals surface area (Å²) in [6.45, 7) is 0. The smallest absolute Gasteiger partial charge is 0.138 e. The number of hydrogen-bond acceptors (Lipinski definition) is 4. The van der Waals surface area contributed by atoms with Gasteiger partial charge in [-0.3, -0.25) is 9.13 Å². The van der Waals surface area contributed by atoms with Crippen molar-refractivity contribution in [2.75, 3.05) is 0 Å². The second-order valence-electron chi connectivity index (χ2n) is 18.7. The first-order valence-corrected chi connectivity index (χ1v) is 25.0. The van der Waals surface area contributed by atoms with E-state index in [1.54, 1.807) is 0 Å². The quantitative estimate of drug-likeness (QED) is 0.145. The zero-order chi connectivity index (χ0) is 49.0. The molecule has 0 aliphatic rings. The van der Waals surface area contributed by atoms with Gasteiger partial charge in [-0.15, -0.1) is 0 Å². The van der Waals surface area contributed by atoms with E-state index in [0.717, 1.165) is 101 Å². The summed E-state index contributed by atoms with van der Waals surface area (Å²) >= 11 is 0. The third kappa shape index (κ3) is 7.61. The lowest BCUT2D eigenvalue weighted by Crippen LogP contribution is -2.02. The van der Waals surface area contributed by atoms with Gasteiger partial charge in [0.1, 0.15) is 11.6 Å². The molecule has 14 rings (SSSR count). The lowest BCUT2D eigenvalue weighted by atomic mass is 9.99. The Morgan fingerprint density at radius 3 is 0.676 bits per heavy atom. The van der Waals surface area contributed by atoms with Crippen LogP contribution in [0.5, 0.6) is 0 Å². The molecule has 0 atom stereocenters. The van der Waals surface area contributed by atoms with Gasteiger partial charge in [-0.25, -0.2) is 19.9 Å². The van der Waals surface area contributed by atoms with Crippen molar-refractivity contribution in [1.29, 1.82) is 0 Å². The first-order chi connectivity index (χ1) is 36.7. The van der Waals surface area contributed by atoms with E-state index in [2.05, 4.69) is 276 Å². The fourth-order valence-corrected chi connectivity index (χ4v) is 10.6. The average molecular weight is 945 g/mol. The molecule has 0 aliphatic carbocycles. The number of hydrogen-bond donors (Lipinski definition) is 0. The summed E-state index contributed by atoms with van der Waals surface area (Å²) in [5, 5.41) is 4.70. The van der Waals surface area contributed by atoms with Crippen LogP contribution in [0.4, 0.5) is 0 Å². The summed E-state index contributed by atoms with van der Waals surface area (Å²) < 4.78 is 4.56. The molecule has 0 unspecified atom stereocenters. The summed E-state index contributed by atoms with van der Waals surface area (Å²) in [7, 11) is 0. The Kier molecular flexibility index (Phi) is 10.4. The molecule has 6 heteroatoms. The Bertz CT molecular complexity index is 4020. The molecule has 346 valence electrons. The average Bonchev–Trinajstić information content (AvgIpc) is 4.01. The Labute approximate surface area is 427 Å². The minimum absolute atomic E-state index is 0.715. The number of fused-ring (bicyclic) bond motifs is 6. The molecule has 0 saturated heterocycles. The van der Waals surface area contributed by atoms with Gasteiger partial charge >= 0.3 is 0 Å². The molecule has 74 heavy (non-hydrogen) atoms. The van der Waals surface area contributed by atoms with Crippen LogP contribution in [0.1, 0.15) is 0 Å². The van der Waals surface area contributed by atoms with Crippen LogP contribution < -0.4 is 0 Å². The Balaban J connectivity index is 1.01.